The molecule has 0 aromatic carbocycles. The SMILES string of the molecule is O=Cc1coc(-c2ccncn2)n1. The molecule has 0 saturated carbocycles. The number of rotatable bonds is 2. The molecular weight excluding hydrogens is 170 g/mol. The second-order valence-corrected chi connectivity index (χ2v) is 2.29. The molecule has 64 valence electrons. The van der Waals surface area contributed by atoms with Gasteiger partial charge in [-0.1, -0.05) is 0 Å². The minimum absolute atomic E-state index is 0.258. The number of carbonyl (C=O) groups is 1. The fourth-order valence-electron chi connectivity index (χ4n) is 0.875. The van der Waals surface area contributed by atoms with Crippen molar-refractivity contribution >= 4 is 6.29 Å². The van der Waals surface area contributed by atoms with Crippen molar-refractivity contribution in [3.05, 3.63) is 30.5 Å². The quantitative estimate of drug-likeness (QED) is 0.635. The number of carbonyl (C=O) groups excluding carboxylic acids is 1. The molecule has 0 saturated heterocycles. The van der Waals surface area contributed by atoms with Gasteiger partial charge in [0.15, 0.2) is 6.29 Å². The molecule has 0 aliphatic rings. The van der Waals surface area contributed by atoms with Gasteiger partial charge in [-0.3, -0.25) is 4.79 Å². The molecule has 0 aliphatic heterocycles. The van der Waals surface area contributed by atoms with E-state index in [0.29, 0.717) is 17.9 Å². The van der Waals surface area contributed by atoms with E-state index in [1.165, 1.54) is 12.6 Å². The summed E-state index contributed by atoms with van der Waals surface area (Å²) >= 11 is 0. The summed E-state index contributed by atoms with van der Waals surface area (Å²) in [6.45, 7) is 0. The zero-order valence-corrected chi connectivity index (χ0v) is 6.54. The molecule has 0 aliphatic carbocycles. The molecule has 2 heterocycles. The third-order valence-electron chi connectivity index (χ3n) is 1.44. The van der Waals surface area contributed by atoms with Gasteiger partial charge in [-0.2, -0.15) is 0 Å². The number of hydrogen-bond donors (Lipinski definition) is 0. The Morgan fingerprint density at radius 3 is 3.00 bits per heavy atom. The van der Waals surface area contributed by atoms with Crippen LogP contribution in [-0.2, 0) is 0 Å². The Balaban J connectivity index is 2.41. The van der Waals surface area contributed by atoms with Crippen LogP contribution in [0, 0.1) is 0 Å². The van der Waals surface area contributed by atoms with Crippen LogP contribution in [-0.4, -0.2) is 21.2 Å². The molecule has 0 fully saturated rings. The monoisotopic (exact) mass is 175 g/mol. The lowest BCUT2D eigenvalue weighted by atomic mass is 10.4. The lowest BCUT2D eigenvalue weighted by Gasteiger charge is -1.89. The fourth-order valence-corrected chi connectivity index (χ4v) is 0.875. The normalized spacial score (nSPS) is 9.85. The van der Waals surface area contributed by atoms with Crippen LogP contribution >= 0.6 is 0 Å². The maximum absolute atomic E-state index is 10.3. The van der Waals surface area contributed by atoms with E-state index in [0.717, 1.165) is 0 Å². The molecule has 13 heavy (non-hydrogen) atoms. The fraction of sp³-hybridized carbons (Fsp3) is 0. The van der Waals surface area contributed by atoms with Gasteiger partial charge >= 0.3 is 0 Å². The predicted octanol–water partition coefficient (Wildman–Crippen LogP) is 0.944. The summed E-state index contributed by atoms with van der Waals surface area (Å²) in [6.07, 6.45) is 4.87. The van der Waals surface area contributed by atoms with E-state index in [1.54, 1.807) is 12.3 Å². The number of aromatic nitrogens is 3. The highest BCUT2D eigenvalue weighted by atomic mass is 16.3. The van der Waals surface area contributed by atoms with E-state index < -0.39 is 0 Å². The molecule has 2 aromatic rings. The summed E-state index contributed by atoms with van der Waals surface area (Å²) in [6, 6.07) is 1.65. The summed E-state index contributed by atoms with van der Waals surface area (Å²) in [4.78, 5) is 21.8. The van der Waals surface area contributed by atoms with E-state index >= 15 is 0 Å². The third-order valence-corrected chi connectivity index (χ3v) is 1.44. The van der Waals surface area contributed by atoms with Crippen molar-refractivity contribution in [1.29, 1.82) is 0 Å². The first-order chi connectivity index (χ1) is 6.40. The molecule has 0 bridgehead atoms. The van der Waals surface area contributed by atoms with Crippen LogP contribution in [0.4, 0.5) is 0 Å². The molecule has 0 unspecified atom stereocenters. The van der Waals surface area contributed by atoms with Crippen molar-refractivity contribution in [2.24, 2.45) is 0 Å². The smallest absolute Gasteiger partial charge is 0.245 e. The molecular formula is C8H5N3O2. The van der Waals surface area contributed by atoms with Gasteiger partial charge in [0.25, 0.3) is 0 Å². The largest absolute Gasteiger partial charge is 0.443 e. The van der Waals surface area contributed by atoms with Gasteiger partial charge in [-0.15, -0.1) is 0 Å². The van der Waals surface area contributed by atoms with Crippen molar-refractivity contribution in [2.75, 3.05) is 0 Å². The summed E-state index contributed by atoms with van der Waals surface area (Å²) in [5.74, 6) is 0.324. The zero-order chi connectivity index (χ0) is 9.10. The minimum atomic E-state index is 0.258. The van der Waals surface area contributed by atoms with Crippen molar-refractivity contribution in [3.63, 3.8) is 0 Å². The Kier molecular flexibility index (Phi) is 1.84. The first kappa shape index (κ1) is 7.60. The van der Waals surface area contributed by atoms with Crippen LogP contribution in [0.2, 0.25) is 0 Å². The Morgan fingerprint density at radius 2 is 2.38 bits per heavy atom. The number of aldehydes is 1. The Hall–Kier alpha value is -2.04. The number of hydrogen-bond acceptors (Lipinski definition) is 5. The maximum Gasteiger partial charge on any atom is 0.245 e. The summed E-state index contributed by atoms with van der Waals surface area (Å²) in [7, 11) is 0. The summed E-state index contributed by atoms with van der Waals surface area (Å²) < 4.78 is 5.01. The molecule has 5 heteroatoms. The highest BCUT2D eigenvalue weighted by molar-refractivity contribution is 5.72. The van der Waals surface area contributed by atoms with Gasteiger partial charge in [0, 0.05) is 6.20 Å². The molecule has 5 nitrogen and oxygen atoms in total. The lowest BCUT2D eigenvalue weighted by molar-refractivity contribution is 0.111. The Bertz CT molecular complexity index is 410. The number of oxazole rings is 1. The Labute approximate surface area is 73.5 Å². The first-order valence-electron chi connectivity index (χ1n) is 3.57. The Morgan fingerprint density at radius 1 is 1.46 bits per heavy atom. The molecule has 0 radical (unpaired) electrons. The van der Waals surface area contributed by atoms with Crippen LogP contribution in [0.25, 0.3) is 11.6 Å². The molecule has 2 aromatic heterocycles. The van der Waals surface area contributed by atoms with E-state index in [-0.39, 0.29) is 5.69 Å². The second kappa shape index (κ2) is 3.14. The summed E-state index contributed by atoms with van der Waals surface area (Å²) in [5, 5.41) is 0. The molecule has 0 amide bonds. The standard InChI is InChI=1S/C8H5N3O2/c12-3-6-4-13-8(11-6)7-1-2-9-5-10-7/h1-5H. The van der Waals surface area contributed by atoms with Gasteiger partial charge in [-0.05, 0) is 6.07 Å². The molecule has 2 rings (SSSR count). The van der Waals surface area contributed by atoms with E-state index in [2.05, 4.69) is 15.0 Å². The van der Waals surface area contributed by atoms with Gasteiger partial charge in [-0.25, -0.2) is 15.0 Å². The highest BCUT2D eigenvalue weighted by Gasteiger charge is 2.05. The third kappa shape index (κ3) is 1.44. The van der Waals surface area contributed by atoms with Crippen molar-refractivity contribution in [2.45, 2.75) is 0 Å². The van der Waals surface area contributed by atoms with E-state index in [9.17, 15) is 4.79 Å². The lowest BCUT2D eigenvalue weighted by Crippen LogP contribution is -1.84. The van der Waals surface area contributed by atoms with Crippen LogP contribution in [0.1, 0.15) is 10.5 Å². The van der Waals surface area contributed by atoms with Crippen LogP contribution in [0.15, 0.2) is 29.3 Å². The van der Waals surface area contributed by atoms with Crippen molar-refractivity contribution < 1.29 is 9.21 Å². The van der Waals surface area contributed by atoms with Gasteiger partial charge in [0.2, 0.25) is 5.89 Å². The molecule has 0 N–H and O–H groups in total. The van der Waals surface area contributed by atoms with Gasteiger partial charge in [0.05, 0.1) is 0 Å². The van der Waals surface area contributed by atoms with Crippen LogP contribution < -0.4 is 0 Å². The molecule has 0 atom stereocenters. The second-order valence-electron chi connectivity index (χ2n) is 2.29. The molecule has 0 spiro atoms. The van der Waals surface area contributed by atoms with E-state index in [1.807, 2.05) is 0 Å². The number of nitrogens with zero attached hydrogens (tertiary/aromatic N) is 3. The highest BCUT2D eigenvalue weighted by Crippen LogP contribution is 2.13. The first-order valence-corrected chi connectivity index (χ1v) is 3.57. The average Bonchev–Trinajstić information content (AvgIpc) is 2.67. The average molecular weight is 175 g/mol. The van der Waals surface area contributed by atoms with E-state index in [4.69, 9.17) is 4.42 Å². The van der Waals surface area contributed by atoms with Crippen molar-refractivity contribution in [1.82, 2.24) is 15.0 Å². The predicted molar refractivity (Wildman–Crippen MR) is 42.9 cm³/mol. The topological polar surface area (TPSA) is 68.9 Å². The van der Waals surface area contributed by atoms with Crippen LogP contribution in [0.5, 0.6) is 0 Å². The zero-order valence-electron chi connectivity index (χ0n) is 6.54. The minimum Gasteiger partial charge on any atom is -0.443 e. The van der Waals surface area contributed by atoms with Crippen LogP contribution in [0.3, 0.4) is 0 Å². The summed E-state index contributed by atoms with van der Waals surface area (Å²) in [5.41, 5.74) is 0.816. The maximum atomic E-state index is 10.3. The van der Waals surface area contributed by atoms with Gasteiger partial charge in [0.1, 0.15) is 24.0 Å². The van der Waals surface area contributed by atoms with Crippen molar-refractivity contribution in [3.8, 4) is 11.6 Å². The van der Waals surface area contributed by atoms with Gasteiger partial charge < -0.3 is 4.42 Å².